The molecular formula is C26H23N3O2S. The van der Waals surface area contributed by atoms with Crippen molar-refractivity contribution in [1.82, 2.24) is 4.57 Å². The van der Waals surface area contributed by atoms with E-state index in [1.165, 1.54) is 46.3 Å². The van der Waals surface area contributed by atoms with E-state index >= 15 is 0 Å². The van der Waals surface area contributed by atoms with E-state index in [1.54, 1.807) is 6.21 Å². The molecule has 0 bridgehead atoms. The maximum Gasteiger partial charge on any atom is 0.341 e. The minimum atomic E-state index is -0.427. The molecule has 0 unspecified atom stereocenters. The number of thiophene rings is 1. The Morgan fingerprint density at radius 3 is 2.69 bits per heavy atom. The lowest BCUT2D eigenvalue weighted by molar-refractivity contribution is 0.0601. The molecule has 0 aliphatic rings. The van der Waals surface area contributed by atoms with Crippen molar-refractivity contribution in [3.8, 4) is 6.07 Å². The molecule has 0 fully saturated rings. The molecule has 0 N–H and O–H groups in total. The maximum absolute atomic E-state index is 12.4. The summed E-state index contributed by atoms with van der Waals surface area (Å²) in [4.78, 5) is 18.0. The molecule has 0 aliphatic heterocycles. The molecule has 0 amide bonds. The number of hydrogen-bond donors (Lipinski definition) is 0. The second-order valence-corrected chi connectivity index (χ2v) is 8.48. The zero-order valence-corrected chi connectivity index (χ0v) is 19.3. The zero-order valence-electron chi connectivity index (χ0n) is 18.5. The lowest BCUT2D eigenvalue weighted by Gasteiger charge is -2.03. The smallest absolute Gasteiger partial charge is 0.341 e. The third-order valence-electron chi connectivity index (χ3n) is 5.60. The summed E-state index contributed by atoms with van der Waals surface area (Å²) in [5.74, 6) is -0.427. The summed E-state index contributed by atoms with van der Waals surface area (Å²) in [5.41, 5.74) is 5.37. The van der Waals surface area contributed by atoms with E-state index in [0.29, 0.717) is 10.6 Å². The monoisotopic (exact) mass is 441 g/mol. The fourth-order valence-electron chi connectivity index (χ4n) is 4.10. The number of esters is 1. The van der Waals surface area contributed by atoms with E-state index in [0.717, 1.165) is 28.1 Å². The molecule has 6 heteroatoms. The Hall–Kier alpha value is -3.69. The Kier molecular flexibility index (Phi) is 5.93. The van der Waals surface area contributed by atoms with Crippen molar-refractivity contribution in [2.45, 2.75) is 27.3 Å². The number of fused-ring (bicyclic) bond motifs is 3. The van der Waals surface area contributed by atoms with Crippen LogP contribution in [0.3, 0.4) is 0 Å². The number of aliphatic imine (C=N–C) groups is 1. The first-order valence-corrected chi connectivity index (χ1v) is 11.1. The molecule has 0 atom stereocenters. The van der Waals surface area contributed by atoms with Crippen molar-refractivity contribution >= 4 is 55.9 Å². The highest BCUT2D eigenvalue weighted by Crippen LogP contribution is 2.39. The SMILES string of the molecule is CCn1c2ccccc2c2cc(C=Nc3sc(C(C)=CC#N)c(C)c3C(=O)OC)ccc21. The maximum atomic E-state index is 12.4. The van der Waals surface area contributed by atoms with E-state index in [9.17, 15) is 4.79 Å². The molecule has 0 radical (unpaired) electrons. The number of allylic oxidation sites excluding steroid dienone is 2. The van der Waals surface area contributed by atoms with Gasteiger partial charge in [-0.25, -0.2) is 9.79 Å². The molecular weight excluding hydrogens is 418 g/mol. The van der Waals surface area contributed by atoms with Gasteiger partial charge < -0.3 is 9.30 Å². The summed E-state index contributed by atoms with van der Waals surface area (Å²) in [6, 6.07) is 16.7. The third-order valence-corrected chi connectivity index (χ3v) is 6.94. The van der Waals surface area contributed by atoms with Crippen molar-refractivity contribution in [2.75, 3.05) is 7.11 Å². The molecule has 0 saturated heterocycles. The summed E-state index contributed by atoms with van der Waals surface area (Å²) in [6.07, 6.45) is 3.26. The van der Waals surface area contributed by atoms with Gasteiger partial charge in [0.15, 0.2) is 0 Å². The molecule has 5 nitrogen and oxygen atoms in total. The lowest BCUT2D eigenvalue weighted by Crippen LogP contribution is -2.02. The minimum absolute atomic E-state index is 0.427. The first-order valence-electron chi connectivity index (χ1n) is 10.3. The molecule has 2 heterocycles. The molecule has 2 aromatic heterocycles. The Balaban J connectivity index is 1.82. The highest BCUT2D eigenvalue weighted by Gasteiger charge is 2.22. The van der Waals surface area contributed by atoms with Gasteiger partial charge in [-0.15, -0.1) is 11.3 Å². The number of para-hydroxylation sites is 1. The number of nitrogens with zero attached hydrogens (tertiary/aromatic N) is 3. The Labute approximate surface area is 190 Å². The van der Waals surface area contributed by atoms with Crippen molar-refractivity contribution in [1.29, 1.82) is 5.26 Å². The molecule has 0 spiro atoms. The van der Waals surface area contributed by atoms with Gasteiger partial charge in [0.2, 0.25) is 0 Å². The quantitative estimate of drug-likeness (QED) is 0.198. The van der Waals surface area contributed by atoms with Gasteiger partial charge in [0.25, 0.3) is 0 Å². The van der Waals surface area contributed by atoms with Gasteiger partial charge in [0, 0.05) is 45.5 Å². The molecule has 160 valence electrons. The van der Waals surface area contributed by atoms with E-state index in [4.69, 9.17) is 10.00 Å². The second kappa shape index (κ2) is 8.81. The summed E-state index contributed by atoms with van der Waals surface area (Å²) in [6.45, 7) is 6.76. The average molecular weight is 442 g/mol. The first kappa shape index (κ1) is 21.5. The average Bonchev–Trinajstić information content (AvgIpc) is 3.31. The molecule has 2 aromatic carbocycles. The standard InChI is InChI=1S/C26H23N3O2S/c1-5-29-21-9-7-6-8-19(21)20-14-18(10-11-22(20)29)15-28-25-23(26(30)31-4)17(3)24(32-25)16(2)12-13-27/h6-12,14-15H,5H2,1-4H3. The van der Waals surface area contributed by atoms with E-state index < -0.39 is 5.97 Å². The topological polar surface area (TPSA) is 67.4 Å². The number of benzene rings is 2. The lowest BCUT2D eigenvalue weighted by atomic mass is 10.1. The fourth-order valence-corrected chi connectivity index (χ4v) is 5.21. The van der Waals surface area contributed by atoms with Gasteiger partial charge in [-0.2, -0.15) is 5.26 Å². The van der Waals surface area contributed by atoms with Crippen molar-refractivity contribution in [3.63, 3.8) is 0 Å². The zero-order chi connectivity index (χ0) is 22.8. The normalized spacial score (nSPS) is 12.0. The highest BCUT2D eigenvalue weighted by molar-refractivity contribution is 7.17. The predicted octanol–water partition coefficient (Wildman–Crippen LogP) is 6.65. The predicted molar refractivity (Wildman–Crippen MR) is 132 cm³/mol. The van der Waals surface area contributed by atoms with Crippen molar-refractivity contribution < 1.29 is 9.53 Å². The summed E-state index contributed by atoms with van der Waals surface area (Å²) >= 11 is 1.39. The van der Waals surface area contributed by atoms with Crippen LogP contribution in [-0.2, 0) is 11.3 Å². The molecule has 0 aliphatic carbocycles. The Morgan fingerprint density at radius 1 is 1.22 bits per heavy atom. The summed E-state index contributed by atoms with van der Waals surface area (Å²) in [5, 5.41) is 12.0. The van der Waals surface area contributed by atoms with Crippen molar-refractivity contribution in [2.24, 2.45) is 4.99 Å². The van der Waals surface area contributed by atoms with Crippen LogP contribution < -0.4 is 0 Å². The summed E-state index contributed by atoms with van der Waals surface area (Å²) < 4.78 is 7.30. The van der Waals surface area contributed by atoms with Crippen LogP contribution in [0, 0.1) is 18.3 Å². The number of aromatic nitrogens is 1. The number of carbonyl (C=O) groups is 1. The van der Waals surface area contributed by atoms with Gasteiger partial charge >= 0.3 is 5.97 Å². The number of aryl methyl sites for hydroxylation is 1. The Morgan fingerprint density at radius 2 is 1.97 bits per heavy atom. The van der Waals surface area contributed by atoms with Crippen LogP contribution in [0.2, 0.25) is 0 Å². The molecule has 4 aromatic rings. The van der Waals surface area contributed by atoms with Crippen molar-refractivity contribution in [3.05, 3.63) is 70.1 Å². The Bertz CT molecular complexity index is 1450. The van der Waals surface area contributed by atoms with Crippen LogP contribution in [-0.4, -0.2) is 23.9 Å². The van der Waals surface area contributed by atoms with E-state index in [1.807, 2.05) is 26.0 Å². The third kappa shape index (κ3) is 3.61. The highest BCUT2D eigenvalue weighted by atomic mass is 32.1. The van der Waals surface area contributed by atoms with E-state index in [2.05, 4.69) is 52.9 Å². The van der Waals surface area contributed by atoms with Gasteiger partial charge in [0.05, 0.1) is 18.7 Å². The van der Waals surface area contributed by atoms with Crippen LogP contribution in [0.15, 0.2) is 53.5 Å². The number of rotatable bonds is 5. The van der Waals surface area contributed by atoms with Gasteiger partial charge in [-0.05, 0) is 55.7 Å². The second-order valence-electron chi connectivity index (χ2n) is 7.48. The molecule has 32 heavy (non-hydrogen) atoms. The van der Waals surface area contributed by atoms with Crippen LogP contribution in [0.25, 0.3) is 27.4 Å². The number of nitriles is 1. The fraction of sp³-hybridized carbons (Fsp3) is 0.192. The van der Waals surface area contributed by atoms with E-state index in [-0.39, 0.29) is 0 Å². The minimum Gasteiger partial charge on any atom is -0.465 e. The van der Waals surface area contributed by atoms with Gasteiger partial charge in [-0.3, -0.25) is 0 Å². The number of hydrogen-bond acceptors (Lipinski definition) is 5. The van der Waals surface area contributed by atoms with Gasteiger partial charge in [-0.1, -0.05) is 24.3 Å². The number of methoxy groups -OCH3 is 1. The number of carbonyl (C=O) groups excluding carboxylic acids is 1. The summed E-state index contributed by atoms with van der Waals surface area (Å²) in [7, 11) is 1.36. The largest absolute Gasteiger partial charge is 0.465 e. The van der Waals surface area contributed by atoms with Gasteiger partial charge in [0.1, 0.15) is 5.00 Å². The molecule has 0 saturated carbocycles. The first-order chi connectivity index (χ1) is 15.5. The van der Waals surface area contributed by atoms with Crippen LogP contribution in [0.1, 0.15) is 40.2 Å². The number of ether oxygens (including phenoxy) is 1. The van der Waals surface area contributed by atoms with Crippen LogP contribution in [0.4, 0.5) is 5.00 Å². The van der Waals surface area contributed by atoms with Crippen LogP contribution in [0.5, 0.6) is 0 Å². The molecule has 4 rings (SSSR count). The van der Waals surface area contributed by atoms with Crippen LogP contribution >= 0.6 is 11.3 Å².